The number of aromatic carboxylic acids is 1. The minimum atomic E-state index is -4.12. The van der Waals surface area contributed by atoms with Gasteiger partial charge in [0.25, 0.3) is 0 Å². The van der Waals surface area contributed by atoms with Crippen molar-refractivity contribution >= 4 is 21.9 Å². The molecule has 0 bridgehead atoms. The second kappa shape index (κ2) is 17.9. The van der Waals surface area contributed by atoms with E-state index in [0.29, 0.717) is 64.2 Å². The third kappa shape index (κ3) is 10.5. The molecule has 2 saturated carbocycles. The Bertz CT molecular complexity index is 1710. The van der Waals surface area contributed by atoms with Gasteiger partial charge in [0.05, 0.1) is 34.1 Å². The van der Waals surface area contributed by atoms with E-state index in [-0.39, 0.29) is 56.3 Å². The zero-order chi connectivity index (χ0) is 40.0. The molecule has 1 N–H and O–H groups in total. The van der Waals surface area contributed by atoms with Crippen molar-refractivity contribution in [3.8, 4) is 23.1 Å². The van der Waals surface area contributed by atoms with Gasteiger partial charge in [-0.05, 0) is 123 Å². The summed E-state index contributed by atoms with van der Waals surface area (Å²) in [6.45, 7) is 3.92. The Kier molecular flexibility index (Phi) is 13.5. The molecule has 4 fully saturated rings. The van der Waals surface area contributed by atoms with Crippen molar-refractivity contribution in [2.24, 2.45) is 22.7 Å². The van der Waals surface area contributed by atoms with Crippen LogP contribution in [0, 0.1) is 22.7 Å². The number of benzene rings is 1. The summed E-state index contributed by atoms with van der Waals surface area (Å²) in [6, 6.07) is 7.03. The lowest BCUT2D eigenvalue weighted by Gasteiger charge is -2.47. The number of carboxylic acid groups (broad SMARTS) is 1. The van der Waals surface area contributed by atoms with Gasteiger partial charge in [-0.3, -0.25) is 0 Å². The molecule has 0 unspecified atom stereocenters. The highest BCUT2D eigenvalue weighted by Crippen LogP contribution is 2.54. The number of halogens is 7. The molecule has 2 aliphatic carbocycles. The first-order valence-electron chi connectivity index (χ1n) is 19.1. The molecule has 2 aromatic heterocycles. The van der Waals surface area contributed by atoms with Gasteiger partial charge in [0, 0.05) is 43.4 Å². The highest BCUT2D eigenvalue weighted by atomic mass is 79.9. The first-order valence-corrected chi connectivity index (χ1v) is 19.9. The molecule has 1 aromatic carbocycles. The van der Waals surface area contributed by atoms with Crippen molar-refractivity contribution in [2.75, 3.05) is 52.5 Å². The Labute approximate surface area is 330 Å². The van der Waals surface area contributed by atoms with Crippen molar-refractivity contribution in [1.29, 1.82) is 0 Å². The maximum absolute atomic E-state index is 13.4. The molecule has 0 amide bonds. The van der Waals surface area contributed by atoms with Crippen LogP contribution in [0.2, 0.25) is 0 Å². The van der Waals surface area contributed by atoms with Crippen LogP contribution in [0.25, 0.3) is 11.1 Å². The third-order valence-corrected chi connectivity index (χ3v) is 12.3. The first-order chi connectivity index (χ1) is 26.6. The molecular weight excluding hydrogens is 810 g/mol. The van der Waals surface area contributed by atoms with Gasteiger partial charge >= 0.3 is 30.3 Å². The lowest BCUT2D eigenvalue weighted by molar-refractivity contribution is -0.257. The number of ether oxygens (including phenoxy) is 2. The molecule has 0 spiro atoms. The summed E-state index contributed by atoms with van der Waals surface area (Å²) in [7, 11) is 0. The van der Waals surface area contributed by atoms with Crippen molar-refractivity contribution in [3.63, 3.8) is 0 Å². The summed E-state index contributed by atoms with van der Waals surface area (Å²) in [4.78, 5) is 31.4. The minimum absolute atomic E-state index is 0.113. The molecule has 0 radical (unpaired) electrons. The quantitative estimate of drug-likeness (QED) is 0.178. The largest absolute Gasteiger partial charge is 0.478 e. The number of nitrogens with zero attached hydrogens (tertiary/aromatic N) is 6. The zero-order valence-corrected chi connectivity index (χ0v) is 32.6. The fourth-order valence-corrected chi connectivity index (χ4v) is 8.06. The molecular formula is C39H47BrF6N6O4. The lowest BCUT2D eigenvalue weighted by Crippen LogP contribution is -2.53. The normalized spacial score (nSPS) is 20.6. The molecule has 56 heavy (non-hydrogen) atoms. The van der Waals surface area contributed by atoms with E-state index in [2.05, 4.69) is 35.9 Å². The van der Waals surface area contributed by atoms with Gasteiger partial charge in [0.1, 0.15) is 0 Å². The topological polar surface area (TPSA) is 114 Å². The molecule has 2 saturated heterocycles. The maximum atomic E-state index is 13.4. The van der Waals surface area contributed by atoms with Gasteiger partial charge in [0.15, 0.2) is 0 Å². The minimum Gasteiger partial charge on any atom is -0.478 e. The predicted octanol–water partition coefficient (Wildman–Crippen LogP) is 8.73. The van der Waals surface area contributed by atoms with E-state index in [1.165, 1.54) is 12.1 Å². The second-order valence-corrected chi connectivity index (χ2v) is 16.6. The standard InChI is InChI=1S/C23H26F3N3O3.C16H21BrF3N3O/c24-23(25,26)22(8-1-9-22)15-29-10-6-16(7-11-29)14-32-21-27-12-19(13-28-21)17-2-4-18(5-3-17)20(30)31;17-13-8-21-14(22-9-13)24-10-12-2-6-23(7-3-12)11-15(4-1-5-15)16(18,19)20/h2-5,12-13,16H,1,6-11,14-15H2,(H,30,31);8-9,12H,1-7,10-11H2. The number of carbonyl (C=O) groups is 1. The van der Waals surface area contributed by atoms with Crippen LogP contribution in [0.4, 0.5) is 26.3 Å². The molecule has 0 atom stereocenters. The number of carboxylic acids is 1. The Morgan fingerprint density at radius 2 is 1.07 bits per heavy atom. The second-order valence-electron chi connectivity index (χ2n) is 15.6. The molecule has 7 rings (SSSR count). The summed E-state index contributed by atoms with van der Waals surface area (Å²) < 4.78 is 92.1. The lowest BCUT2D eigenvalue weighted by atomic mass is 9.67. The molecule has 17 heteroatoms. The Morgan fingerprint density at radius 3 is 1.41 bits per heavy atom. The van der Waals surface area contributed by atoms with E-state index >= 15 is 0 Å². The fraction of sp³-hybridized carbons (Fsp3) is 0.615. The third-order valence-electron chi connectivity index (χ3n) is 11.9. The number of aromatic nitrogens is 4. The Hall–Kier alpha value is -3.57. The highest BCUT2D eigenvalue weighted by molar-refractivity contribution is 9.10. The van der Waals surface area contributed by atoms with Crippen LogP contribution >= 0.6 is 15.9 Å². The molecule has 10 nitrogen and oxygen atoms in total. The number of hydrogen-bond acceptors (Lipinski definition) is 9. The predicted molar refractivity (Wildman–Crippen MR) is 198 cm³/mol. The van der Waals surface area contributed by atoms with Crippen LogP contribution in [0.1, 0.15) is 74.6 Å². The van der Waals surface area contributed by atoms with Crippen LogP contribution in [0.5, 0.6) is 12.0 Å². The number of alkyl halides is 6. The molecule has 306 valence electrons. The molecule has 3 aromatic rings. The maximum Gasteiger partial charge on any atom is 0.395 e. The van der Waals surface area contributed by atoms with Gasteiger partial charge in [0.2, 0.25) is 0 Å². The SMILES string of the molecule is FC(F)(F)C1(CN2CCC(COc3ncc(Br)cn3)CC2)CCC1.O=C(O)c1ccc(-c2cnc(OCC3CCN(CC4(C(F)(F)F)CCC4)CC3)nc2)cc1. The smallest absolute Gasteiger partial charge is 0.395 e. The molecule has 4 heterocycles. The number of rotatable bonds is 12. The van der Waals surface area contributed by atoms with E-state index in [1.54, 1.807) is 36.9 Å². The number of hydrogen-bond donors (Lipinski definition) is 1. The molecule has 4 aliphatic rings. The van der Waals surface area contributed by atoms with E-state index < -0.39 is 29.2 Å². The van der Waals surface area contributed by atoms with Crippen LogP contribution in [0.3, 0.4) is 0 Å². The fourth-order valence-electron chi connectivity index (χ4n) is 7.85. The first kappa shape index (κ1) is 42.0. The van der Waals surface area contributed by atoms with Gasteiger partial charge in [-0.1, -0.05) is 25.0 Å². The van der Waals surface area contributed by atoms with Gasteiger partial charge in [-0.25, -0.2) is 24.7 Å². The van der Waals surface area contributed by atoms with Gasteiger partial charge in [-0.15, -0.1) is 0 Å². The van der Waals surface area contributed by atoms with Crippen LogP contribution in [0.15, 0.2) is 53.5 Å². The average Bonchev–Trinajstić information content (AvgIpc) is 3.14. The summed E-state index contributed by atoms with van der Waals surface area (Å²) in [6.07, 6.45) is 3.99. The van der Waals surface area contributed by atoms with Crippen molar-refractivity contribution in [2.45, 2.75) is 76.6 Å². The monoisotopic (exact) mass is 856 g/mol. The summed E-state index contributed by atoms with van der Waals surface area (Å²) in [5.74, 6) is -0.372. The summed E-state index contributed by atoms with van der Waals surface area (Å²) in [5.41, 5.74) is -1.20. The average molecular weight is 858 g/mol. The zero-order valence-electron chi connectivity index (χ0n) is 31.0. The van der Waals surface area contributed by atoms with Crippen LogP contribution in [-0.2, 0) is 0 Å². The summed E-state index contributed by atoms with van der Waals surface area (Å²) >= 11 is 3.26. The Morgan fingerprint density at radius 1 is 0.679 bits per heavy atom. The molecule has 2 aliphatic heterocycles. The van der Waals surface area contributed by atoms with Gasteiger partial charge < -0.3 is 24.4 Å². The van der Waals surface area contributed by atoms with E-state index in [9.17, 15) is 31.1 Å². The Balaban J connectivity index is 0.000000198. The van der Waals surface area contributed by atoms with Crippen molar-refractivity contribution in [1.82, 2.24) is 29.7 Å². The van der Waals surface area contributed by atoms with Crippen LogP contribution in [-0.4, -0.2) is 106 Å². The van der Waals surface area contributed by atoms with E-state index in [1.807, 2.05) is 9.80 Å². The van der Waals surface area contributed by atoms with E-state index in [4.69, 9.17) is 14.6 Å². The van der Waals surface area contributed by atoms with Gasteiger partial charge in [-0.2, -0.15) is 26.3 Å². The number of likely N-dealkylation sites (tertiary alicyclic amines) is 2. The summed E-state index contributed by atoms with van der Waals surface area (Å²) in [5, 5.41) is 8.97. The number of piperidine rings is 2. The van der Waals surface area contributed by atoms with Crippen molar-refractivity contribution in [3.05, 3.63) is 59.1 Å². The van der Waals surface area contributed by atoms with E-state index in [0.717, 1.165) is 41.3 Å². The van der Waals surface area contributed by atoms with Crippen LogP contribution < -0.4 is 9.47 Å². The van der Waals surface area contributed by atoms with Crippen molar-refractivity contribution < 1.29 is 45.7 Å². The highest BCUT2D eigenvalue weighted by Gasteiger charge is 2.59.